The third-order valence-electron chi connectivity index (χ3n) is 8.78. The van der Waals surface area contributed by atoms with Crippen molar-refractivity contribution in [1.82, 2.24) is 4.57 Å². The summed E-state index contributed by atoms with van der Waals surface area (Å²) in [6.07, 6.45) is 0. The van der Waals surface area contributed by atoms with E-state index in [-0.39, 0.29) is 35.5 Å². The van der Waals surface area contributed by atoms with Crippen LogP contribution in [0.15, 0.2) is 91.0 Å². The van der Waals surface area contributed by atoms with Crippen molar-refractivity contribution in [2.75, 3.05) is 4.90 Å². The van der Waals surface area contributed by atoms with Crippen molar-refractivity contribution in [1.29, 1.82) is 0 Å². The van der Waals surface area contributed by atoms with Crippen LogP contribution in [0.3, 0.4) is 0 Å². The fourth-order valence-corrected chi connectivity index (χ4v) is 7.45. The molecule has 4 aliphatic rings. The zero-order valence-electron chi connectivity index (χ0n) is 19.9. The third kappa shape index (κ3) is 2.30. The van der Waals surface area contributed by atoms with Gasteiger partial charge in [0.05, 0.1) is 17.5 Å². The van der Waals surface area contributed by atoms with Gasteiger partial charge in [0.15, 0.2) is 0 Å². The van der Waals surface area contributed by atoms with Gasteiger partial charge in [-0.3, -0.25) is 9.59 Å². The Balaban J connectivity index is 1.32. The number of rotatable bonds is 2. The van der Waals surface area contributed by atoms with E-state index in [2.05, 4.69) is 60.0 Å². The Kier molecular flexibility index (Phi) is 3.87. The summed E-state index contributed by atoms with van der Waals surface area (Å²) in [5, 5.41) is 2.22. The van der Waals surface area contributed by atoms with E-state index in [1.807, 2.05) is 42.5 Å². The van der Waals surface area contributed by atoms with Crippen LogP contribution in [0.2, 0.25) is 0 Å². The molecule has 2 bridgehead atoms. The molecular formula is C32H24N2O2. The lowest BCUT2D eigenvalue weighted by molar-refractivity contribution is -0.122. The lowest BCUT2D eigenvalue weighted by Crippen LogP contribution is -2.41. The summed E-state index contributed by atoms with van der Waals surface area (Å²) in [6.45, 7) is 3.00. The fraction of sp³-hybridized carbons (Fsp3) is 0.188. The van der Waals surface area contributed by atoms with Crippen LogP contribution in [0, 0.1) is 11.8 Å². The van der Waals surface area contributed by atoms with Crippen molar-refractivity contribution in [2.24, 2.45) is 11.8 Å². The molecule has 2 heterocycles. The van der Waals surface area contributed by atoms with E-state index in [4.69, 9.17) is 0 Å². The topological polar surface area (TPSA) is 42.3 Å². The molecule has 0 N–H and O–H groups in total. The summed E-state index contributed by atoms with van der Waals surface area (Å²) >= 11 is 0. The van der Waals surface area contributed by atoms with E-state index in [0.29, 0.717) is 5.69 Å². The summed E-state index contributed by atoms with van der Waals surface area (Å²) in [7, 11) is 0. The van der Waals surface area contributed by atoms with Crippen molar-refractivity contribution in [3.63, 3.8) is 0 Å². The molecule has 4 aromatic carbocycles. The number of fused-ring (bicyclic) bond motifs is 3. The Morgan fingerprint density at radius 1 is 0.611 bits per heavy atom. The molecule has 0 spiro atoms. The Morgan fingerprint density at radius 2 is 1.11 bits per heavy atom. The molecule has 1 saturated heterocycles. The molecule has 174 valence electrons. The lowest BCUT2D eigenvalue weighted by Gasteiger charge is -2.45. The molecule has 1 aromatic heterocycles. The van der Waals surface area contributed by atoms with Gasteiger partial charge in [-0.05, 0) is 53.4 Å². The molecule has 3 aliphatic carbocycles. The van der Waals surface area contributed by atoms with Gasteiger partial charge in [-0.25, -0.2) is 4.90 Å². The summed E-state index contributed by atoms with van der Waals surface area (Å²) in [6, 6.07) is 31.2. The molecular weight excluding hydrogens is 444 g/mol. The molecule has 0 saturated carbocycles. The Hall–Kier alpha value is -4.18. The van der Waals surface area contributed by atoms with E-state index in [9.17, 15) is 9.59 Å². The van der Waals surface area contributed by atoms with Crippen LogP contribution in [0.25, 0.3) is 21.8 Å². The number of hydrogen-bond donors (Lipinski definition) is 0. The molecule has 5 aromatic rings. The number of hydrogen-bond acceptors (Lipinski definition) is 2. The predicted molar refractivity (Wildman–Crippen MR) is 141 cm³/mol. The standard InChI is InChI=1S/C32H24N2O2/c1-2-33-25-14-8-7-9-19(25)24-17-18(15-16-26(24)33)34-31(35)29-27-20-10-3-4-11-21(20)28(30(29)32(34)36)23-13-6-5-12-22(23)27/h3-17,27-30H,2H2,1H3/t27?,28?,29-,30+. The molecule has 9 rings (SSSR count). The van der Waals surface area contributed by atoms with Crippen molar-refractivity contribution in [2.45, 2.75) is 25.3 Å². The average molecular weight is 469 g/mol. The first-order chi connectivity index (χ1) is 17.7. The summed E-state index contributed by atoms with van der Waals surface area (Å²) < 4.78 is 2.29. The van der Waals surface area contributed by atoms with Crippen LogP contribution in [0.4, 0.5) is 5.69 Å². The first-order valence-electron chi connectivity index (χ1n) is 12.8. The number of imide groups is 1. The quantitative estimate of drug-likeness (QED) is 0.289. The Bertz CT molecular complexity index is 1650. The van der Waals surface area contributed by atoms with Gasteiger partial charge in [-0.15, -0.1) is 0 Å². The highest BCUT2D eigenvalue weighted by Crippen LogP contribution is 2.61. The van der Waals surface area contributed by atoms with E-state index < -0.39 is 0 Å². The molecule has 1 aliphatic heterocycles. The zero-order valence-corrected chi connectivity index (χ0v) is 19.9. The zero-order chi connectivity index (χ0) is 24.1. The van der Waals surface area contributed by atoms with Gasteiger partial charge < -0.3 is 4.57 Å². The van der Waals surface area contributed by atoms with E-state index in [1.165, 1.54) is 32.7 Å². The predicted octanol–water partition coefficient (Wildman–Crippen LogP) is 6.21. The molecule has 0 radical (unpaired) electrons. The average Bonchev–Trinajstić information content (AvgIpc) is 3.39. The molecule has 4 nitrogen and oxygen atoms in total. The van der Waals surface area contributed by atoms with Gasteiger partial charge in [-0.1, -0.05) is 66.7 Å². The largest absolute Gasteiger partial charge is 0.341 e. The highest BCUT2D eigenvalue weighted by molar-refractivity contribution is 6.24. The lowest BCUT2D eigenvalue weighted by atomic mass is 9.55. The maximum atomic E-state index is 14.1. The highest BCUT2D eigenvalue weighted by Gasteiger charge is 2.61. The van der Waals surface area contributed by atoms with Crippen LogP contribution < -0.4 is 4.90 Å². The van der Waals surface area contributed by atoms with Crippen LogP contribution >= 0.6 is 0 Å². The van der Waals surface area contributed by atoms with Crippen molar-refractivity contribution in [3.8, 4) is 0 Å². The van der Waals surface area contributed by atoms with Crippen molar-refractivity contribution < 1.29 is 9.59 Å². The van der Waals surface area contributed by atoms with Gasteiger partial charge in [0.1, 0.15) is 0 Å². The summed E-state index contributed by atoms with van der Waals surface area (Å²) in [5.41, 5.74) is 7.78. The monoisotopic (exact) mass is 468 g/mol. The van der Waals surface area contributed by atoms with E-state index in [0.717, 1.165) is 22.8 Å². The molecule has 0 unspecified atom stereocenters. The highest BCUT2D eigenvalue weighted by atomic mass is 16.2. The maximum Gasteiger partial charge on any atom is 0.238 e. The van der Waals surface area contributed by atoms with Gasteiger partial charge in [0.2, 0.25) is 11.8 Å². The van der Waals surface area contributed by atoms with E-state index in [1.54, 1.807) is 0 Å². The summed E-state index contributed by atoms with van der Waals surface area (Å²) in [4.78, 5) is 29.7. The summed E-state index contributed by atoms with van der Waals surface area (Å²) in [5.74, 6) is -1.02. The second kappa shape index (κ2) is 6.94. The van der Waals surface area contributed by atoms with Crippen LogP contribution in [-0.4, -0.2) is 16.4 Å². The second-order valence-corrected chi connectivity index (χ2v) is 10.2. The number of carbonyl (C=O) groups excluding carboxylic acids is 2. The molecule has 2 atom stereocenters. The SMILES string of the molecule is CCn1c2ccccc2c2cc(N3C(=O)[C@@H]4C5c6ccccc6C(c6ccccc65)[C@@H]4C3=O)ccc21. The minimum atomic E-state index is -0.361. The van der Waals surface area contributed by atoms with Crippen LogP contribution in [-0.2, 0) is 16.1 Å². The van der Waals surface area contributed by atoms with Crippen molar-refractivity contribution >= 4 is 39.3 Å². The first kappa shape index (κ1) is 20.1. The van der Waals surface area contributed by atoms with Gasteiger partial charge in [0, 0.05) is 40.2 Å². The van der Waals surface area contributed by atoms with Crippen LogP contribution in [0.1, 0.15) is 41.0 Å². The molecule has 2 amide bonds. The number of carbonyl (C=O) groups is 2. The number of anilines is 1. The second-order valence-electron chi connectivity index (χ2n) is 10.2. The van der Waals surface area contributed by atoms with Crippen LogP contribution in [0.5, 0.6) is 0 Å². The smallest absolute Gasteiger partial charge is 0.238 e. The first-order valence-corrected chi connectivity index (χ1v) is 12.8. The number of nitrogens with zero attached hydrogens (tertiary/aromatic N) is 2. The molecule has 36 heavy (non-hydrogen) atoms. The number of benzene rings is 4. The van der Waals surface area contributed by atoms with Gasteiger partial charge in [0.25, 0.3) is 0 Å². The Morgan fingerprint density at radius 3 is 1.67 bits per heavy atom. The normalized spacial score (nSPS) is 23.9. The minimum Gasteiger partial charge on any atom is -0.341 e. The Labute approximate surface area is 208 Å². The number of aryl methyl sites for hydroxylation is 1. The molecule has 4 heteroatoms. The van der Waals surface area contributed by atoms with E-state index >= 15 is 0 Å². The van der Waals surface area contributed by atoms with Crippen molar-refractivity contribution in [3.05, 3.63) is 113 Å². The minimum absolute atomic E-state index is 0.0671. The number of aromatic nitrogens is 1. The third-order valence-corrected chi connectivity index (χ3v) is 8.78. The fourth-order valence-electron chi connectivity index (χ4n) is 7.45. The number of para-hydroxylation sites is 1. The van der Waals surface area contributed by atoms with Gasteiger partial charge in [-0.2, -0.15) is 0 Å². The number of amides is 2. The molecule has 1 fully saturated rings. The maximum absolute atomic E-state index is 14.1. The van der Waals surface area contributed by atoms with Gasteiger partial charge >= 0.3 is 0 Å².